The molecule has 3 rings (SSSR count). The Balaban J connectivity index is 1.66. The maximum absolute atomic E-state index is 11.8. The third-order valence-corrected chi connectivity index (χ3v) is 3.35. The number of hydrogen-bond donors (Lipinski definition) is 1. The normalized spacial score (nSPS) is 18.9. The van der Waals surface area contributed by atoms with Crippen LogP contribution in [0.5, 0.6) is 0 Å². The van der Waals surface area contributed by atoms with E-state index in [1.54, 1.807) is 12.3 Å². The van der Waals surface area contributed by atoms with Crippen LogP contribution in [0, 0.1) is 0 Å². The average Bonchev–Trinajstić information content (AvgIpc) is 3.04. The van der Waals surface area contributed by atoms with Crippen molar-refractivity contribution in [2.24, 2.45) is 0 Å². The summed E-state index contributed by atoms with van der Waals surface area (Å²) in [6, 6.07) is 3.63. The second-order valence-corrected chi connectivity index (χ2v) is 5.00. The number of amides is 1. The van der Waals surface area contributed by atoms with E-state index in [-0.39, 0.29) is 12.0 Å². The third kappa shape index (κ3) is 2.72. The molecule has 100 valence electrons. The molecule has 0 saturated carbocycles. The third-order valence-electron chi connectivity index (χ3n) is 3.13. The molecule has 0 bridgehead atoms. The molecule has 5 nitrogen and oxygen atoms in total. The van der Waals surface area contributed by atoms with Gasteiger partial charge in [-0.1, -0.05) is 11.6 Å². The Bertz CT molecular complexity index is 605. The van der Waals surface area contributed by atoms with Crippen LogP contribution in [0.4, 0.5) is 0 Å². The van der Waals surface area contributed by atoms with E-state index in [2.05, 4.69) is 10.3 Å². The molecular weight excluding hydrogens is 266 g/mol. The summed E-state index contributed by atoms with van der Waals surface area (Å²) in [5.41, 5.74) is 1.61. The zero-order valence-electron chi connectivity index (χ0n) is 10.3. The van der Waals surface area contributed by atoms with Gasteiger partial charge < -0.3 is 14.5 Å². The molecule has 0 spiro atoms. The van der Waals surface area contributed by atoms with E-state index in [0.29, 0.717) is 18.2 Å². The highest BCUT2D eigenvalue weighted by molar-refractivity contribution is 6.30. The number of nitrogens with one attached hydrogen (secondary N) is 1. The fourth-order valence-electron chi connectivity index (χ4n) is 2.18. The van der Waals surface area contributed by atoms with Crippen LogP contribution in [-0.2, 0) is 16.1 Å². The molecule has 19 heavy (non-hydrogen) atoms. The van der Waals surface area contributed by atoms with Gasteiger partial charge in [0.1, 0.15) is 11.8 Å². The van der Waals surface area contributed by atoms with Crippen molar-refractivity contribution in [2.75, 3.05) is 6.61 Å². The molecule has 6 heteroatoms. The van der Waals surface area contributed by atoms with Crippen LogP contribution >= 0.6 is 11.6 Å². The zero-order valence-corrected chi connectivity index (χ0v) is 11.1. The van der Waals surface area contributed by atoms with Gasteiger partial charge in [-0.05, 0) is 25.0 Å². The number of pyridine rings is 1. The smallest absolute Gasteiger partial charge is 0.249 e. The van der Waals surface area contributed by atoms with E-state index in [0.717, 1.165) is 24.2 Å². The second kappa shape index (κ2) is 5.19. The van der Waals surface area contributed by atoms with Crippen LogP contribution in [0.1, 0.15) is 18.5 Å². The fourth-order valence-corrected chi connectivity index (χ4v) is 2.35. The molecule has 2 aromatic rings. The van der Waals surface area contributed by atoms with Gasteiger partial charge in [-0.25, -0.2) is 4.98 Å². The molecule has 1 saturated heterocycles. The molecule has 3 heterocycles. The Morgan fingerprint density at radius 3 is 3.21 bits per heavy atom. The van der Waals surface area contributed by atoms with E-state index >= 15 is 0 Å². The number of aromatic nitrogens is 2. The molecule has 2 aromatic heterocycles. The molecule has 1 amide bonds. The quantitative estimate of drug-likeness (QED) is 0.932. The first kappa shape index (κ1) is 12.4. The minimum Gasteiger partial charge on any atom is -0.368 e. The van der Waals surface area contributed by atoms with Crippen LogP contribution < -0.4 is 5.32 Å². The van der Waals surface area contributed by atoms with Crippen molar-refractivity contribution in [1.82, 2.24) is 14.7 Å². The summed E-state index contributed by atoms with van der Waals surface area (Å²) in [7, 11) is 0. The molecule has 1 atom stereocenters. The van der Waals surface area contributed by atoms with Crippen LogP contribution in [-0.4, -0.2) is 28.0 Å². The predicted molar refractivity (Wildman–Crippen MR) is 71.0 cm³/mol. The number of nitrogens with zero attached hydrogens (tertiary/aromatic N) is 2. The lowest BCUT2D eigenvalue weighted by Gasteiger charge is -2.08. The summed E-state index contributed by atoms with van der Waals surface area (Å²) in [4.78, 5) is 16.2. The number of hydrogen-bond acceptors (Lipinski definition) is 3. The number of fused-ring (bicyclic) bond motifs is 1. The number of imidazole rings is 1. The molecule has 0 aliphatic carbocycles. The van der Waals surface area contributed by atoms with Gasteiger partial charge in [0.25, 0.3) is 0 Å². The molecule has 1 fully saturated rings. The molecular formula is C13H14ClN3O2. The van der Waals surface area contributed by atoms with E-state index in [1.165, 1.54) is 0 Å². The summed E-state index contributed by atoms with van der Waals surface area (Å²) >= 11 is 5.91. The Morgan fingerprint density at radius 1 is 1.53 bits per heavy atom. The van der Waals surface area contributed by atoms with Gasteiger partial charge in [0.2, 0.25) is 5.91 Å². The summed E-state index contributed by atoms with van der Waals surface area (Å²) in [6.07, 6.45) is 5.09. The molecule has 1 N–H and O–H groups in total. The Morgan fingerprint density at radius 2 is 2.42 bits per heavy atom. The Kier molecular flexibility index (Phi) is 3.40. The highest BCUT2D eigenvalue weighted by atomic mass is 35.5. The second-order valence-electron chi connectivity index (χ2n) is 4.56. The summed E-state index contributed by atoms with van der Waals surface area (Å²) in [6.45, 7) is 1.07. The summed E-state index contributed by atoms with van der Waals surface area (Å²) < 4.78 is 7.17. The van der Waals surface area contributed by atoms with E-state index in [1.807, 2.05) is 16.7 Å². The van der Waals surface area contributed by atoms with E-state index in [9.17, 15) is 4.79 Å². The first-order chi connectivity index (χ1) is 9.22. The molecule has 0 aromatic carbocycles. The monoisotopic (exact) mass is 279 g/mol. The van der Waals surface area contributed by atoms with Gasteiger partial charge in [0.15, 0.2) is 0 Å². The zero-order chi connectivity index (χ0) is 13.2. The van der Waals surface area contributed by atoms with Gasteiger partial charge in [-0.3, -0.25) is 4.79 Å². The lowest BCUT2D eigenvalue weighted by molar-refractivity contribution is -0.130. The number of carbonyl (C=O) groups excluding carboxylic acids is 1. The van der Waals surface area contributed by atoms with Crippen LogP contribution in [0.15, 0.2) is 24.5 Å². The van der Waals surface area contributed by atoms with Crippen LogP contribution in [0.3, 0.4) is 0 Å². The van der Waals surface area contributed by atoms with Crippen LogP contribution in [0.2, 0.25) is 5.02 Å². The summed E-state index contributed by atoms with van der Waals surface area (Å²) in [5, 5.41) is 3.50. The molecule has 1 unspecified atom stereocenters. The molecule has 0 radical (unpaired) electrons. The largest absolute Gasteiger partial charge is 0.368 e. The minimum absolute atomic E-state index is 0.0624. The first-order valence-electron chi connectivity index (χ1n) is 6.25. The standard InChI is InChI=1S/C13H14ClN3O2/c14-9-3-4-12-16-10(8-17(12)7-9)6-15-13(18)11-2-1-5-19-11/h3-4,7-8,11H,1-2,5-6H2,(H,15,18). The van der Waals surface area contributed by atoms with Crippen molar-refractivity contribution in [3.8, 4) is 0 Å². The number of rotatable bonds is 3. The van der Waals surface area contributed by atoms with Crippen molar-refractivity contribution < 1.29 is 9.53 Å². The number of carbonyl (C=O) groups is 1. The van der Waals surface area contributed by atoms with Gasteiger partial charge in [0.05, 0.1) is 17.3 Å². The van der Waals surface area contributed by atoms with E-state index < -0.39 is 0 Å². The van der Waals surface area contributed by atoms with Gasteiger partial charge in [0, 0.05) is 19.0 Å². The van der Waals surface area contributed by atoms with E-state index in [4.69, 9.17) is 16.3 Å². The SMILES string of the molecule is O=C(NCc1cn2cc(Cl)ccc2n1)C1CCCO1. The van der Waals surface area contributed by atoms with Gasteiger partial charge in [-0.15, -0.1) is 0 Å². The fraction of sp³-hybridized carbons (Fsp3) is 0.385. The minimum atomic E-state index is -0.300. The maximum Gasteiger partial charge on any atom is 0.249 e. The maximum atomic E-state index is 11.8. The summed E-state index contributed by atoms with van der Waals surface area (Å²) in [5.74, 6) is -0.0624. The topological polar surface area (TPSA) is 55.6 Å². The number of halogens is 1. The van der Waals surface area contributed by atoms with Gasteiger partial charge >= 0.3 is 0 Å². The molecule has 1 aliphatic rings. The van der Waals surface area contributed by atoms with Crippen molar-refractivity contribution in [3.05, 3.63) is 35.2 Å². The van der Waals surface area contributed by atoms with Gasteiger partial charge in [-0.2, -0.15) is 0 Å². The Hall–Kier alpha value is -1.59. The lowest BCUT2D eigenvalue weighted by Crippen LogP contribution is -2.33. The van der Waals surface area contributed by atoms with Crippen molar-refractivity contribution in [1.29, 1.82) is 0 Å². The van der Waals surface area contributed by atoms with Crippen molar-refractivity contribution in [3.63, 3.8) is 0 Å². The number of ether oxygens (including phenoxy) is 1. The highest BCUT2D eigenvalue weighted by Gasteiger charge is 2.23. The van der Waals surface area contributed by atoms with Crippen LogP contribution in [0.25, 0.3) is 5.65 Å². The predicted octanol–water partition coefficient (Wildman–Crippen LogP) is 1.78. The highest BCUT2D eigenvalue weighted by Crippen LogP contribution is 2.13. The molecule has 1 aliphatic heterocycles. The Labute approximate surface area is 115 Å². The first-order valence-corrected chi connectivity index (χ1v) is 6.62. The lowest BCUT2D eigenvalue weighted by atomic mass is 10.2. The van der Waals surface area contributed by atoms with Crippen molar-refractivity contribution in [2.45, 2.75) is 25.5 Å². The average molecular weight is 280 g/mol. The van der Waals surface area contributed by atoms with Crippen molar-refractivity contribution >= 4 is 23.2 Å².